The van der Waals surface area contributed by atoms with Crippen LogP contribution >= 0.6 is 0 Å². The Morgan fingerprint density at radius 3 is 2.72 bits per heavy atom. The van der Waals surface area contributed by atoms with Gasteiger partial charge in [-0.3, -0.25) is 9.79 Å². The van der Waals surface area contributed by atoms with Crippen LogP contribution in [0.15, 0.2) is 66.2 Å². The van der Waals surface area contributed by atoms with E-state index in [2.05, 4.69) is 27.5 Å². The standard InChI is InChI=1S/C22H28N4O3/c1-4-13-29-21-11-6-5-8-18(21)16-25-22(23-3)24-12-14-28-20-10-7-9-19(15-20)26-17(2)27/h4-11,15H,1,12-14,16H2,2-3H3,(H,26,27)(H2,23,24,25). The van der Waals surface area contributed by atoms with Gasteiger partial charge in [0.2, 0.25) is 5.91 Å². The van der Waals surface area contributed by atoms with E-state index in [1.807, 2.05) is 42.5 Å². The monoisotopic (exact) mass is 396 g/mol. The Bertz CT molecular complexity index is 836. The Labute approximate surface area is 171 Å². The van der Waals surface area contributed by atoms with E-state index < -0.39 is 0 Å². The lowest BCUT2D eigenvalue weighted by Crippen LogP contribution is -2.38. The van der Waals surface area contributed by atoms with Crippen molar-refractivity contribution in [2.24, 2.45) is 4.99 Å². The highest BCUT2D eigenvalue weighted by molar-refractivity contribution is 5.88. The van der Waals surface area contributed by atoms with Gasteiger partial charge in [-0.05, 0) is 18.2 Å². The van der Waals surface area contributed by atoms with E-state index in [4.69, 9.17) is 9.47 Å². The quantitative estimate of drug-likeness (QED) is 0.249. The Morgan fingerprint density at radius 2 is 1.97 bits per heavy atom. The summed E-state index contributed by atoms with van der Waals surface area (Å²) in [4.78, 5) is 15.4. The Hall–Kier alpha value is -3.48. The zero-order chi connectivity index (χ0) is 20.9. The molecule has 2 rings (SSSR count). The molecular weight excluding hydrogens is 368 g/mol. The number of hydrogen-bond acceptors (Lipinski definition) is 4. The first kappa shape index (κ1) is 21.8. The molecule has 0 fully saturated rings. The Kier molecular flexibility index (Phi) is 9.08. The summed E-state index contributed by atoms with van der Waals surface area (Å²) in [5.41, 5.74) is 1.74. The minimum Gasteiger partial charge on any atom is -0.492 e. The van der Waals surface area contributed by atoms with E-state index in [0.717, 1.165) is 11.3 Å². The molecule has 0 aromatic heterocycles. The van der Waals surface area contributed by atoms with Gasteiger partial charge in [0.25, 0.3) is 0 Å². The molecule has 7 nitrogen and oxygen atoms in total. The fourth-order valence-electron chi connectivity index (χ4n) is 2.54. The van der Waals surface area contributed by atoms with Gasteiger partial charge in [-0.2, -0.15) is 0 Å². The normalized spacial score (nSPS) is 10.8. The van der Waals surface area contributed by atoms with Gasteiger partial charge in [0.15, 0.2) is 5.96 Å². The molecule has 2 aromatic rings. The highest BCUT2D eigenvalue weighted by Crippen LogP contribution is 2.18. The molecule has 3 N–H and O–H groups in total. The number of nitrogens with zero attached hydrogens (tertiary/aromatic N) is 1. The van der Waals surface area contributed by atoms with Crippen molar-refractivity contribution < 1.29 is 14.3 Å². The van der Waals surface area contributed by atoms with Crippen molar-refractivity contribution >= 4 is 17.6 Å². The number of carbonyl (C=O) groups excluding carboxylic acids is 1. The van der Waals surface area contributed by atoms with E-state index in [1.54, 1.807) is 19.2 Å². The average Bonchev–Trinajstić information content (AvgIpc) is 2.72. The lowest BCUT2D eigenvalue weighted by atomic mass is 10.2. The molecule has 0 aliphatic rings. The van der Waals surface area contributed by atoms with Crippen LogP contribution in [0.5, 0.6) is 11.5 Å². The van der Waals surface area contributed by atoms with Gasteiger partial charge < -0.3 is 25.4 Å². The van der Waals surface area contributed by atoms with Crippen molar-refractivity contribution in [3.8, 4) is 11.5 Å². The SMILES string of the molecule is C=CCOc1ccccc1CNC(=NC)NCCOc1cccc(NC(C)=O)c1. The summed E-state index contributed by atoms with van der Waals surface area (Å²) >= 11 is 0. The first-order valence-corrected chi connectivity index (χ1v) is 9.39. The Morgan fingerprint density at radius 1 is 1.14 bits per heavy atom. The van der Waals surface area contributed by atoms with Gasteiger partial charge in [-0.1, -0.05) is 36.9 Å². The maximum Gasteiger partial charge on any atom is 0.221 e. The van der Waals surface area contributed by atoms with Gasteiger partial charge in [-0.15, -0.1) is 0 Å². The molecule has 0 spiro atoms. The largest absolute Gasteiger partial charge is 0.492 e. The molecule has 0 unspecified atom stereocenters. The number of benzene rings is 2. The van der Waals surface area contributed by atoms with E-state index in [0.29, 0.717) is 43.7 Å². The summed E-state index contributed by atoms with van der Waals surface area (Å²) < 4.78 is 11.4. The molecule has 2 aromatic carbocycles. The third-order valence-corrected chi connectivity index (χ3v) is 3.82. The fourth-order valence-corrected chi connectivity index (χ4v) is 2.54. The zero-order valence-corrected chi connectivity index (χ0v) is 16.9. The topological polar surface area (TPSA) is 84.0 Å². The van der Waals surface area contributed by atoms with Crippen LogP contribution < -0.4 is 25.4 Å². The van der Waals surface area contributed by atoms with E-state index in [9.17, 15) is 4.79 Å². The summed E-state index contributed by atoms with van der Waals surface area (Å²) in [7, 11) is 1.72. The summed E-state index contributed by atoms with van der Waals surface area (Å²) in [6.07, 6.45) is 1.72. The minimum absolute atomic E-state index is 0.116. The molecule has 0 radical (unpaired) electrons. The van der Waals surface area contributed by atoms with Crippen LogP contribution in [0.1, 0.15) is 12.5 Å². The van der Waals surface area contributed by atoms with Crippen LogP contribution in [0, 0.1) is 0 Å². The summed E-state index contributed by atoms with van der Waals surface area (Å²) in [6.45, 7) is 7.20. The number of anilines is 1. The minimum atomic E-state index is -0.116. The highest BCUT2D eigenvalue weighted by atomic mass is 16.5. The molecule has 0 bridgehead atoms. The molecule has 0 aliphatic heterocycles. The van der Waals surface area contributed by atoms with Gasteiger partial charge in [0.1, 0.15) is 24.7 Å². The maximum absolute atomic E-state index is 11.1. The van der Waals surface area contributed by atoms with E-state index in [1.165, 1.54) is 6.92 Å². The van der Waals surface area contributed by atoms with Crippen LogP contribution in [-0.4, -0.2) is 38.7 Å². The van der Waals surface area contributed by atoms with Crippen LogP contribution in [0.25, 0.3) is 0 Å². The second-order valence-corrected chi connectivity index (χ2v) is 6.12. The van der Waals surface area contributed by atoms with Gasteiger partial charge in [0, 0.05) is 37.8 Å². The number of ether oxygens (including phenoxy) is 2. The average molecular weight is 396 g/mol. The molecule has 29 heavy (non-hydrogen) atoms. The van der Waals surface area contributed by atoms with Crippen LogP contribution in [-0.2, 0) is 11.3 Å². The van der Waals surface area contributed by atoms with Gasteiger partial charge >= 0.3 is 0 Å². The number of amides is 1. The molecule has 0 atom stereocenters. The van der Waals surface area contributed by atoms with Crippen molar-refractivity contribution in [2.75, 3.05) is 32.1 Å². The van der Waals surface area contributed by atoms with Crippen molar-refractivity contribution in [1.82, 2.24) is 10.6 Å². The van der Waals surface area contributed by atoms with Crippen molar-refractivity contribution in [3.05, 3.63) is 66.7 Å². The number of hydrogen-bond donors (Lipinski definition) is 3. The van der Waals surface area contributed by atoms with Gasteiger partial charge in [0.05, 0.1) is 6.54 Å². The number of aliphatic imine (C=N–C) groups is 1. The van der Waals surface area contributed by atoms with Crippen LogP contribution in [0.4, 0.5) is 5.69 Å². The first-order chi connectivity index (χ1) is 14.1. The molecule has 0 saturated heterocycles. The number of rotatable bonds is 10. The lowest BCUT2D eigenvalue weighted by Gasteiger charge is -2.15. The van der Waals surface area contributed by atoms with Crippen LogP contribution in [0.2, 0.25) is 0 Å². The molecule has 0 saturated carbocycles. The molecule has 7 heteroatoms. The van der Waals surface area contributed by atoms with E-state index >= 15 is 0 Å². The second-order valence-electron chi connectivity index (χ2n) is 6.12. The number of guanidine groups is 1. The second kappa shape index (κ2) is 12.1. The summed E-state index contributed by atoms with van der Waals surface area (Å²) in [6, 6.07) is 15.1. The molecule has 0 heterocycles. The summed E-state index contributed by atoms with van der Waals surface area (Å²) in [5.74, 6) is 2.06. The van der Waals surface area contributed by atoms with E-state index in [-0.39, 0.29) is 5.91 Å². The fraction of sp³-hybridized carbons (Fsp3) is 0.273. The van der Waals surface area contributed by atoms with Gasteiger partial charge in [-0.25, -0.2) is 0 Å². The number of carbonyl (C=O) groups is 1. The maximum atomic E-state index is 11.1. The highest BCUT2D eigenvalue weighted by Gasteiger charge is 2.04. The molecule has 1 amide bonds. The predicted octanol–water partition coefficient (Wildman–Crippen LogP) is 2.95. The number of para-hydroxylation sites is 1. The molecular formula is C22H28N4O3. The molecule has 154 valence electrons. The Balaban J connectivity index is 1.77. The smallest absolute Gasteiger partial charge is 0.221 e. The van der Waals surface area contributed by atoms with Crippen molar-refractivity contribution in [2.45, 2.75) is 13.5 Å². The predicted molar refractivity (Wildman–Crippen MR) is 117 cm³/mol. The third kappa shape index (κ3) is 7.96. The first-order valence-electron chi connectivity index (χ1n) is 9.39. The molecule has 0 aliphatic carbocycles. The summed E-state index contributed by atoms with van der Waals surface area (Å²) in [5, 5.41) is 9.20. The van der Waals surface area contributed by atoms with Crippen LogP contribution in [0.3, 0.4) is 0 Å². The van der Waals surface area contributed by atoms with Crippen molar-refractivity contribution in [1.29, 1.82) is 0 Å². The van der Waals surface area contributed by atoms with Crippen molar-refractivity contribution in [3.63, 3.8) is 0 Å². The zero-order valence-electron chi connectivity index (χ0n) is 16.9. The third-order valence-electron chi connectivity index (χ3n) is 3.82. The lowest BCUT2D eigenvalue weighted by molar-refractivity contribution is -0.114. The number of nitrogens with one attached hydrogen (secondary N) is 3.